The Morgan fingerprint density at radius 1 is 1.25 bits per heavy atom. The topological polar surface area (TPSA) is 89.5 Å². The Hall–Kier alpha value is -1.73. The summed E-state index contributed by atoms with van der Waals surface area (Å²) in [5, 5.41) is 0. The highest BCUT2D eigenvalue weighted by Crippen LogP contribution is 2.11. The lowest BCUT2D eigenvalue weighted by Gasteiger charge is -2.14. The van der Waals surface area contributed by atoms with Gasteiger partial charge in [0.15, 0.2) is 11.8 Å². The summed E-state index contributed by atoms with van der Waals surface area (Å²) in [7, 11) is -3.96. The van der Waals surface area contributed by atoms with Crippen molar-refractivity contribution in [3.05, 3.63) is 29.8 Å². The molecule has 1 unspecified atom stereocenters. The second kappa shape index (κ2) is 6.62. The van der Waals surface area contributed by atoms with E-state index in [9.17, 15) is 18.0 Å². The van der Waals surface area contributed by atoms with Gasteiger partial charge in [-0.1, -0.05) is 17.7 Å². The van der Waals surface area contributed by atoms with E-state index < -0.39 is 27.8 Å². The van der Waals surface area contributed by atoms with Crippen LogP contribution in [0.15, 0.2) is 29.2 Å². The first kappa shape index (κ1) is 16.3. The average Bonchev–Trinajstić information content (AvgIpc) is 2.36. The minimum Gasteiger partial charge on any atom is -0.464 e. The molecule has 0 aliphatic rings. The van der Waals surface area contributed by atoms with Crippen LogP contribution in [0.5, 0.6) is 0 Å². The van der Waals surface area contributed by atoms with Crippen LogP contribution in [-0.2, 0) is 24.3 Å². The lowest BCUT2D eigenvalue weighted by atomic mass is 10.2. The van der Waals surface area contributed by atoms with Gasteiger partial charge in [0.2, 0.25) is 10.0 Å². The van der Waals surface area contributed by atoms with E-state index in [2.05, 4.69) is 9.46 Å². The molecule has 1 atom stereocenters. The van der Waals surface area contributed by atoms with Crippen LogP contribution in [0.1, 0.15) is 19.4 Å². The lowest BCUT2D eigenvalue weighted by molar-refractivity contribution is -0.147. The van der Waals surface area contributed by atoms with Gasteiger partial charge in [-0.15, -0.1) is 0 Å². The number of sulfonamides is 1. The fourth-order valence-corrected chi connectivity index (χ4v) is 2.67. The van der Waals surface area contributed by atoms with Crippen molar-refractivity contribution in [2.24, 2.45) is 0 Å². The second-order valence-electron chi connectivity index (χ2n) is 4.23. The van der Waals surface area contributed by atoms with Crippen LogP contribution in [0, 0.1) is 6.92 Å². The zero-order chi connectivity index (χ0) is 15.3. The molecule has 0 amide bonds. The van der Waals surface area contributed by atoms with Crippen LogP contribution in [-0.4, -0.2) is 32.8 Å². The number of carbonyl (C=O) groups excluding carboxylic acids is 2. The number of hydrogen-bond acceptors (Lipinski definition) is 5. The van der Waals surface area contributed by atoms with Crippen molar-refractivity contribution in [3.63, 3.8) is 0 Å². The summed E-state index contributed by atoms with van der Waals surface area (Å²) in [4.78, 5) is 23.0. The van der Waals surface area contributed by atoms with Gasteiger partial charge in [-0.25, -0.2) is 13.2 Å². The van der Waals surface area contributed by atoms with Crippen LogP contribution in [0.3, 0.4) is 0 Å². The van der Waals surface area contributed by atoms with Crippen LogP contribution in [0.4, 0.5) is 0 Å². The van der Waals surface area contributed by atoms with E-state index in [1.165, 1.54) is 12.1 Å². The molecule has 0 spiro atoms. The van der Waals surface area contributed by atoms with Crippen molar-refractivity contribution in [2.45, 2.75) is 31.7 Å². The summed E-state index contributed by atoms with van der Waals surface area (Å²) in [5.74, 6) is -1.53. The van der Waals surface area contributed by atoms with Gasteiger partial charge >= 0.3 is 5.97 Å². The number of rotatable bonds is 6. The fraction of sp³-hybridized carbons (Fsp3) is 0.385. The van der Waals surface area contributed by atoms with Crippen molar-refractivity contribution in [2.75, 3.05) is 6.61 Å². The Kier molecular flexibility index (Phi) is 5.41. The van der Waals surface area contributed by atoms with Crippen LogP contribution in [0.2, 0.25) is 0 Å². The molecule has 1 rings (SSSR count). The van der Waals surface area contributed by atoms with Crippen molar-refractivity contribution >= 4 is 21.8 Å². The van der Waals surface area contributed by atoms with E-state index in [1.807, 2.05) is 6.92 Å². The normalized spacial score (nSPS) is 12.8. The van der Waals surface area contributed by atoms with E-state index in [0.29, 0.717) is 0 Å². The van der Waals surface area contributed by atoms with Gasteiger partial charge in [-0.05, 0) is 32.9 Å². The van der Waals surface area contributed by atoms with Gasteiger partial charge in [-0.3, -0.25) is 4.79 Å². The quantitative estimate of drug-likeness (QED) is 0.619. The highest BCUT2D eigenvalue weighted by molar-refractivity contribution is 7.89. The molecule has 0 heterocycles. The number of benzene rings is 1. The first-order valence-corrected chi connectivity index (χ1v) is 7.52. The monoisotopic (exact) mass is 299 g/mol. The predicted octanol–water partition coefficient (Wildman–Crippen LogP) is 0.794. The van der Waals surface area contributed by atoms with Crippen molar-refractivity contribution in [1.29, 1.82) is 0 Å². The van der Waals surface area contributed by atoms with Crippen molar-refractivity contribution < 1.29 is 22.7 Å². The van der Waals surface area contributed by atoms with Crippen molar-refractivity contribution in [1.82, 2.24) is 4.72 Å². The number of Topliss-reactive ketones (excluding diaryl/α,β-unsaturated/α-hetero) is 1. The molecule has 1 aromatic carbocycles. The van der Waals surface area contributed by atoms with Gasteiger partial charge in [0.25, 0.3) is 0 Å². The minimum absolute atomic E-state index is 0.0151. The number of esters is 1. The summed E-state index contributed by atoms with van der Waals surface area (Å²) in [6, 6.07) is 4.53. The van der Waals surface area contributed by atoms with Gasteiger partial charge in [-0.2, -0.15) is 4.72 Å². The van der Waals surface area contributed by atoms with Gasteiger partial charge in [0, 0.05) is 0 Å². The van der Waals surface area contributed by atoms with Crippen LogP contribution >= 0.6 is 0 Å². The van der Waals surface area contributed by atoms with Gasteiger partial charge in [0.1, 0.15) is 0 Å². The van der Waals surface area contributed by atoms with Crippen LogP contribution in [0.25, 0.3) is 0 Å². The molecule has 0 saturated carbocycles. The molecular formula is C13H17NO5S. The maximum atomic E-state index is 12.1. The number of aryl methyl sites for hydroxylation is 1. The molecule has 0 saturated heterocycles. The Bertz CT molecular complexity index is 592. The Balaban J connectivity index is 3.00. The molecule has 1 aromatic rings. The SMILES string of the molecule is CCOC(=O)C(NS(=O)(=O)c1ccc(C)cc1)C(C)=O. The first-order valence-electron chi connectivity index (χ1n) is 6.04. The lowest BCUT2D eigenvalue weighted by Crippen LogP contribution is -2.46. The van der Waals surface area contributed by atoms with Crippen molar-refractivity contribution in [3.8, 4) is 0 Å². The molecule has 0 radical (unpaired) electrons. The average molecular weight is 299 g/mol. The largest absolute Gasteiger partial charge is 0.464 e. The number of carbonyl (C=O) groups is 2. The highest BCUT2D eigenvalue weighted by atomic mass is 32.2. The molecular weight excluding hydrogens is 282 g/mol. The Morgan fingerprint density at radius 2 is 1.80 bits per heavy atom. The third-order valence-electron chi connectivity index (χ3n) is 2.53. The first-order chi connectivity index (χ1) is 9.27. The maximum absolute atomic E-state index is 12.1. The molecule has 0 aliphatic carbocycles. The predicted molar refractivity (Wildman–Crippen MR) is 72.6 cm³/mol. The minimum atomic E-state index is -3.96. The van der Waals surface area contributed by atoms with E-state index in [1.54, 1.807) is 19.1 Å². The standard InChI is InChI=1S/C13H17NO5S/c1-4-19-13(16)12(10(3)15)14-20(17,18)11-7-5-9(2)6-8-11/h5-8,12,14H,4H2,1-3H3. The Labute approximate surface area is 118 Å². The van der Waals surface area contributed by atoms with E-state index in [4.69, 9.17) is 0 Å². The number of nitrogens with one attached hydrogen (secondary N) is 1. The summed E-state index contributed by atoms with van der Waals surface area (Å²) in [5.41, 5.74) is 0.900. The molecule has 0 aliphatic heterocycles. The Morgan fingerprint density at radius 3 is 2.25 bits per heavy atom. The van der Waals surface area contributed by atoms with E-state index >= 15 is 0 Å². The summed E-state index contributed by atoms with van der Waals surface area (Å²) in [6.45, 7) is 4.58. The summed E-state index contributed by atoms with van der Waals surface area (Å²) < 4.78 is 30.9. The molecule has 110 valence electrons. The number of ether oxygens (including phenoxy) is 1. The molecule has 6 nitrogen and oxygen atoms in total. The van der Waals surface area contributed by atoms with Crippen LogP contribution < -0.4 is 4.72 Å². The van der Waals surface area contributed by atoms with E-state index in [-0.39, 0.29) is 11.5 Å². The van der Waals surface area contributed by atoms with Gasteiger partial charge in [0.05, 0.1) is 11.5 Å². The maximum Gasteiger partial charge on any atom is 0.331 e. The zero-order valence-corrected chi connectivity index (χ0v) is 12.4. The number of ketones is 1. The molecule has 1 N–H and O–H groups in total. The molecule has 0 fully saturated rings. The molecule has 0 aromatic heterocycles. The third kappa shape index (κ3) is 4.14. The third-order valence-corrected chi connectivity index (χ3v) is 3.97. The van der Waals surface area contributed by atoms with Gasteiger partial charge < -0.3 is 4.74 Å². The summed E-state index contributed by atoms with van der Waals surface area (Å²) in [6.07, 6.45) is 0. The molecule has 7 heteroatoms. The fourth-order valence-electron chi connectivity index (χ4n) is 1.46. The second-order valence-corrected chi connectivity index (χ2v) is 5.94. The molecule has 20 heavy (non-hydrogen) atoms. The highest BCUT2D eigenvalue weighted by Gasteiger charge is 2.30. The number of hydrogen-bond donors (Lipinski definition) is 1. The van der Waals surface area contributed by atoms with E-state index in [0.717, 1.165) is 12.5 Å². The summed E-state index contributed by atoms with van der Waals surface area (Å²) >= 11 is 0. The molecule has 0 bridgehead atoms. The smallest absolute Gasteiger partial charge is 0.331 e. The zero-order valence-electron chi connectivity index (χ0n) is 11.5.